The lowest BCUT2D eigenvalue weighted by Gasteiger charge is -2.17. The van der Waals surface area contributed by atoms with Crippen LogP contribution in [0.5, 0.6) is 0 Å². The summed E-state index contributed by atoms with van der Waals surface area (Å²) in [6.45, 7) is 0.605. The molecule has 2 aromatic rings. The first kappa shape index (κ1) is 12.0. The van der Waals surface area contributed by atoms with E-state index in [9.17, 15) is 4.79 Å². The molecule has 7 heteroatoms. The number of carbonyl (C=O) groups is 1. The predicted molar refractivity (Wildman–Crippen MR) is 74.1 cm³/mol. The summed E-state index contributed by atoms with van der Waals surface area (Å²) in [7, 11) is 1.84. The molecule has 3 rings (SSSR count). The van der Waals surface area contributed by atoms with Crippen LogP contribution in [0, 0.1) is 0 Å². The zero-order chi connectivity index (χ0) is 13.2. The number of rotatable bonds is 3. The molecule has 0 spiro atoms. The summed E-state index contributed by atoms with van der Waals surface area (Å²) in [5.41, 5.74) is 2.69. The van der Waals surface area contributed by atoms with Crippen molar-refractivity contribution in [3.05, 3.63) is 30.1 Å². The van der Waals surface area contributed by atoms with Crippen LogP contribution in [0.3, 0.4) is 0 Å². The number of amides is 1. The third-order valence-corrected chi connectivity index (χ3v) is 3.81. The molecule has 0 fully saturated rings. The molecule has 0 radical (unpaired) electrons. The van der Waals surface area contributed by atoms with E-state index < -0.39 is 0 Å². The molecule has 0 aliphatic carbocycles. The number of anilines is 2. The number of hydrogen-bond acceptors (Lipinski definition) is 5. The predicted octanol–water partition coefficient (Wildman–Crippen LogP) is 1.47. The van der Waals surface area contributed by atoms with Crippen LogP contribution in [0.4, 0.5) is 11.4 Å². The first-order valence-corrected chi connectivity index (χ1v) is 6.85. The van der Waals surface area contributed by atoms with E-state index in [0.717, 1.165) is 22.0 Å². The van der Waals surface area contributed by atoms with E-state index in [0.29, 0.717) is 12.3 Å². The standard InChI is InChI=1S/C12H13N5OS/c1-17-6-9(15-16-17)5-13-8-2-3-11-10(4-8)14-12(18)7-19-11/h2-4,6,13H,5,7H2,1H3,(H,14,18). The summed E-state index contributed by atoms with van der Waals surface area (Å²) in [5, 5.41) is 14.0. The Morgan fingerprint density at radius 2 is 2.42 bits per heavy atom. The van der Waals surface area contributed by atoms with Gasteiger partial charge < -0.3 is 10.6 Å². The van der Waals surface area contributed by atoms with Gasteiger partial charge in [0, 0.05) is 23.8 Å². The molecule has 98 valence electrons. The van der Waals surface area contributed by atoms with Gasteiger partial charge in [-0.2, -0.15) is 0 Å². The number of nitrogens with one attached hydrogen (secondary N) is 2. The van der Waals surface area contributed by atoms with E-state index in [1.165, 1.54) is 0 Å². The Morgan fingerprint density at radius 1 is 1.53 bits per heavy atom. The summed E-state index contributed by atoms with van der Waals surface area (Å²) in [6, 6.07) is 5.95. The molecule has 0 atom stereocenters. The average molecular weight is 275 g/mol. The van der Waals surface area contributed by atoms with Gasteiger partial charge in [-0.3, -0.25) is 9.48 Å². The zero-order valence-corrected chi connectivity index (χ0v) is 11.2. The minimum Gasteiger partial charge on any atom is -0.379 e. The molecule has 1 aliphatic rings. The Labute approximate surface area is 114 Å². The number of nitrogens with zero attached hydrogens (tertiary/aromatic N) is 3. The SMILES string of the molecule is Cn1cc(CNc2ccc3c(c2)NC(=O)CS3)nn1. The van der Waals surface area contributed by atoms with Crippen LogP contribution in [0.2, 0.25) is 0 Å². The van der Waals surface area contributed by atoms with Crippen LogP contribution in [0.15, 0.2) is 29.3 Å². The van der Waals surface area contributed by atoms with Gasteiger partial charge in [-0.15, -0.1) is 16.9 Å². The quantitative estimate of drug-likeness (QED) is 0.887. The molecule has 19 heavy (non-hydrogen) atoms. The van der Waals surface area contributed by atoms with Crippen LogP contribution >= 0.6 is 11.8 Å². The smallest absolute Gasteiger partial charge is 0.234 e. The van der Waals surface area contributed by atoms with Crippen LogP contribution < -0.4 is 10.6 Å². The second kappa shape index (κ2) is 4.93. The maximum Gasteiger partial charge on any atom is 0.234 e. The Balaban J connectivity index is 1.71. The van der Waals surface area contributed by atoms with Gasteiger partial charge in [0.2, 0.25) is 5.91 Å². The molecule has 1 aromatic carbocycles. The van der Waals surface area contributed by atoms with E-state index in [-0.39, 0.29) is 5.91 Å². The number of aromatic nitrogens is 3. The number of hydrogen-bond donors (Lipinski definition) is 2. The van der Waals surface area contributed by atoms with Crippen LogP contribution in [-0.4, -0.2) is 26.7 Å². The summed E-state index contributed by atoms with van der Waals surface area (Å²) in [5.74, 6) is 0.530. The fraction of sp³-hybridized carbons (Fsp3) is 0.250. The number of carbonyl (C=O) groups excluding carboxylic acids is 1. The topological polar surface area (TPSA) is 71.8 Å². The van der Waals surface area contributed by atoms with Crippen LogP contribution in [-0.2, 0) is 18.4 Å². The lowest BCUT2D eigenvalue weighted by atomic mass is 10.2. The molecule has 0 unspecified atom stereocenters. The second-order valence-corrected chi connectivity index (χ2v) is 5.30. The fourth-order valence-corrected chi connectivity index (χ4v) is 2.65. The molecule has 1 aliphatic heterocycles. The molecule has 0 bridgehead atoms. The lowest BCUT2D eigenvalue weighted by Crippen LogP contribution is -2.18. The Kier molecular flexibility index (Phi) is 3.12. The fourth-order valence-electron chi connectivity index (χ4n) is 1.86. The number of fused-ring (bicyclic) bond motifs is 1. The van der Waals surface area contributed by atoms with Crippen molar-refractivity contribution in [3.63, 3.8) is 0 Å². The molecule has 0 saturated carbocycles. The molecule has 1 amide bonds. The molecule has 2 heterocycles. The van der Waals surface area contributed by atoms with Crippen LogP contribution in [0.1, 0.15) is 5.69 Å². The minimum atomic E-state index is 0.0450. The van der Waals surface area contributed by atoms with Gasteiger partial charge in [-0.25, -0.2) is 0 Å². The van der Waals surface area contributed by atoms with Crippen molar-refractivity contribution < 1.29 is 4.79 Å². The summed E-state index contributed by atoms with van der Waals surface area (Å²) < 4.78 is 1.67. The molecular weight excluding hydrogens is 262 g/mol. The highest BCUT2D eigenvalue weighted by atomic mass is 32.2. The molecular formula is C12H13N5OS. The van der Waals surface area contributed by atoms with Gasteiger partial charge in [0.25, 0.3) is 0 Å². The Morgan fingerprint density at radius 3 is 3.21 bits per heavy atom. The van der Waals surface area contributed by atoms with Crippen molar-refractivity contribution in [1.82, 2.24) is 15.0 Å². The summed E-state index contributed by atoms with van der Waals surface area (Å²) in [4.78, 5) is 12.4. The van der Waals surface area contributed by atoms with Gasteiger partial charge in [0.1, 0.15) is 5.69 Å². The Bertz CT molecular complexity index is 624. The minimum absolute atomic E-state index is 0.0450. The largest absolute Gasteiger partial charge is 0.379 e. The molecule has 1 aromatic heterocycles. The normalized spacial score (nSPS) is 13.8. The zero-order valence-electron chi connectivity index (χ0n) is 10.4. The maximum atomic E-state index is 11.3. The van der Waals surface area contributed by atoms with Crippen molar-refractivity contribution in [2.75, 3.05) is 16.4 Å². The molecule has 6 nitrogen and oxygen atoms in total. The number of thioether (sulfide) groups is 1. The highest BCUT2D eigenvalue weighted by Crippen LogP contribution is 2.33. The first-order valence-electron chi connectivity index (χ1n) is 5.86. The first-order chi connectivity index (χ1) is 9.20. The highest BCUT2D eigenvalue weighted by Gasteiger charge is 2.15. The number of benzene rings is 1. The van der Waals surface area contributed by atoms with Gasteiger partial charge in [-0.05, 0) is 18.2 Å². The van der Waals surface area contributed by atoms with Crippen molar-refractivity contribution in [3.8, 4) is 0 Å². The van der Waals surface area contributed by atoms with E-state index in [1.54, 1.807) is 16.4 Å². The number of aryl methyl sites for hydroxylation is 1. The van der Waals surface area contributed by atoms with E-state index >= 15 is 0 Å². The third-order valence-electron chi connectivity index (χ3n) is 2.74. The van der Waals surface area contributed by atoms with Crippen LogP contribution in [0.25, 0.3) is 0 Å². The monoisotopic (exact) mass is 275 g/mol. The van der Waals surface area contributed by atoms with Crippen molar-refractivity contribution in [1.29, 1.82) is 0 Å². The lowest BCUT2D eigenvalue weighted by molar-refractivity contribution is -0.113. The van der Waals surface area contributed by atoms with Crippen molar-refractivity contribution in [2.24, 2.45) is 7.05 Å². The van der Waals surface area contributed by atoms with E-state index in [4.69, 9.17) is 0 Å². The molecule has 2 N–H and O–H groups in total. The van der Waals surface area contributed by atoms with Crippen molar-refractivity contribution >= 4 is 29.0 Å². The van der Waals surface area contributed by atoms with Gasteiger partial charge in [0.05, 0.1) is 18.0 Å². The third kappa shape index (κ3) is 2.70. The van der Waals surface area contributed by atoms with E-state index in [2.05, 4.69) is 20.9 Å². The van der Waals surface area contributed by atoms with Crippen molar-refractivity contribution in [2.45, 2.75) is 11.4 Å². The maximum absolute atomic E-state index is 11.3. The average Bonchev–Trinajstić information content (AvgIpc) is 2.81. The van der Waals surface area contributed by atoms with Gasteiger partial charge in [0.15, 0.2) is 0 Å². The van der Waals surface area contributed by atoms with Gasteiger partial charge >= 0.3 is 0 Å². The van der Waals surface area contributed by atoms with Gasteiger partial charge in [-0.1, -0.05) is 5.21 Å². The van der Waals surface area contributed by atoms with E-state index in [1.807, 2.05) is 31.4 Å². The second-order valence-electron chi connectivity index (χ2n) is 4.28. The molecule has 0 saturated heterocycles. The summed E-state index contributed by atoms with van der Waals surface area (Å²) >= 11 is 1.56. The highest BCUT2D eigenvalue weighted by molar-refractivity contribution is 8.00. The summed E-state index contributed by atoms with van der Waals surface area (Å²) in [6.07, 6.45) is 1.86. The Hall–Kier alpha value is -2.02.